The first-order chi connectivity index (χ1) is 16.6. The van der Waals surface area contributed by atoms with Crippen LogP contribution < -0.4 is 4.74 Å². The van der Waals surface area contributed by atoms with Gasteiger partial charge in [-0.1, -0.05) is 17.3 Å². The molecule has 34 heavy (non-hydrogen) atoms. The highest BCUT2D eigenvalue weighted by Gasteiger charge is 2.30. The molecule has 2 heterocycles. The molecule has 1 aliphatic rings. The molecule has 0 N–H and O–H groups in total. The smallest absolute Gasteiger partial charge is 0.335 e. The van der Waals surface area contributed by atoms with E-state index in [1.807, 2.05) is 43.5 Å². The molecular weight excluding hydrogens is 434 g/mol. The summed E-state index contributed by atoms with van der Waals surface area (Å²) in [4.78, 5) is 21.8. The Morgan fingerprint density at radius 2 is 1.94 bits per heavy atom. The second-order valence-corrected chi connectivity index (χ2v) is 8.22. The van der Waals surface area contributed by atoms with Gasteiger partial charge in [0.25, 0.3) is 0 Å². The van der Waals surface area contributed by atoms with Crippen LogP contribution in [0.4, 0.5) is 0 Å². The normalized spacial score (nSPS) is 14.7. The molecule has 1 aromatic carbocycles. The molecule has 8 heteroatoms. The lowest BCUT2D eigenvalue weighted by Crippen LogP contribution is -2.28. The molecule has 1 fully saturated rings. The summed E-state index contributed by atoms with van der Waals surface area (Å²) in [5.41, 5.74) is 3.68. The minimum Gasteiger partial charge on any atom is -0.492 e. The summed E-state index contributed by atoms with van der Waals surface area (Å²) in [5.74, 6) is 0.842. The molecule has 0 aliphatic heterocycles. The molecule has 0 bridgehead atoms. The molecule has 0 radical (unpaired) electrons. The number of hydrogen-bond acceptors (Lipinski definition) is 7. The van der Waals surface area contributed by atoms with Gasteiger partial charge in [0.05, 0.1) is 19.3 Å². The van der Waals surface area contributed by atoms with E-state index in [0.29, 0.717) is 32.1 Å². The lowest BCUT2D eigenvalue weighted by molar-refractivity contribution is -0.153. The molecule has 1 unspecified atom stereocenters. The van der Waals surface area contributed by atoms with Crippen molar-refractivity contribution in [2.45, 2.75) is 38.8 Å². The lowest BCUT2D eigenvalue weighted by atomic mass is 10.1. The van der Waals surface area contributed by atoms with Gasteiger partial charge in [-0.15, -0.1) is 0 Å². The number of aromatic nitrogens is 2. The first-order valence-electron chi connectivity index (χ1n) is 11.6. The van der Waals surface area contributed by atoms with Crippen LogP contribution in [-0.2, 0) is 32.1 Å². The average molecular weight is 466 g/mol. The number of pyridine rings is 1. The van der Waals surface area contributed by atoms with E-state index in [2.05, 4.69) is 21.9 Å². The molecule has 4 rings (SSSR count). The van der Waals surface area contributed by atoms with Crippen LogP contribution >= 0.6 is 0 Å². The predicted molar refractivity (Wildman–Crippen MR) is 129 cm³/mol. The number of methoxy groups -OCH3 is 1. The van der Waals surface area contributed by atoms with Crippen molar-refractivity contribution in [1.82, 2.24) is 9.55 Å². The van der Waals surface area contributed by atoms with Crippen LogP contribution in [0.15, 0.2) is 53.8 Å². The number of nitrogens with zero attached hydrogens (tertiary/aromatic N) is 3. The minimum absolute atomic E-state index is 0.365. The summed E-state index contributed by atoms with van der Waals surface area (Å²) < 4.78 is 18.4. The van der Waals surface area contributed by atoms with Gasteiger partial charge in [0.2, 0.25) is 0 Å². The molecule has 3 aromatic rings. The summed E-state index contributed by atoms with van der Waals surface area (Å²) in [6.45, 7) is 3.47. The van der Waals surface area contributed by atoms with Gasteiger partial charge in [-0.25, -0.2) is 9.78 Å². The highest BCUT2D eigenvalue weighted by Crippen LogP contribution is 2.33. The summed E-state index contributed by atoms with van der Waals surface area (Å²) in [5, 5.41) is 5.29. The van der Waals surface area contributed by atoms with E-state index in [1.165, 1.54) is 7.11 Å². The van der Waals surface area contributed by atoms with Crippen LogP contribution in [0, 0.1) is 5.92 Å². The quantitative estimate of drug-likeness (QED) is 0.228. The SMILES string of the molecule is CCOC(Cc1ccc(OCCn2ccc3ccc(/C(=N\OC)C4CC4)nc32)cc1)C(=O)OC. The van der Waals surface area contributed by atoms with Gasteiger partial charge in [0, 0.05) is 30.5 Å². The molecule has 0 saturated heterocycles. The molecule has 8 nitrogen and oxygen atoms in total. The lowest BCUT2D eigenvalue weighted by Gasteiger charge is -2.15. The number of benzene rings is 1. The summed E-state index contributed by atoms with van der Waals surface area (Å²) in [7, 11) is 2.94. The number of hydrogen-bond donors (Lipinski definition) is 0. The van der Waals surface area contributed by atoms with Crippen molar-refractivity contribution < 1.29 is 23.8 Å². The maximum Gasteiger partial charge on any atom is 0.335 e. The molecule has 1 aliphatic carbocycles. The van der Waals surface area contributed by atoms with Crippen molar-refractivity contribution in [3.8, 4) is 5.75 Å². The third-order valence-corrected chi connectivity index (χ3v) is 5.80. The Morgan fingerprint density at radius 1 is 1.15 bits per heavy atom. The van der Waals surface area contributed by atoms with Crippen molar-refractivity contribution in [1.29, 1.82) is 0 Å². The van der Waals surface area contributed by atoms with Gasteiger partial charge in [-0.2, -0.15) is 0 Å². The number of carbonyl (C=O) groups is 1. The maximum absolute atomic E-state index is 11.9. The maximum atomic E-state index is 11.9. The van der Waals surface area contributed by atoms with E-state index in [4.69, 9.17) is 24.0 Å². The Hall–Kier alpha value is -3.39. The number of carbonyl (C=O) groups excluding carboxylic acids is 1. The van der Waals surface area contributed by atoms with Crippen molar-refractivity contribution in [2.75, 3.05) is 27.4 Å². The van der Waals surface area contributed by atoms with E-state index in [0.717, 1.165) is 46.6 Å². The number of ether oxygens (including phenoxy) is 3. The van der Waals surface area contributed by atoms with E-state index in [-0.39, 0.29) is 5.97 Å². The summed E-state index contributed by atoms with van der Waals surface area (Å²) >= 11 is 0. The van der Waals surface area contributed by atoms with Crippen LogP contribution in [0.25, 0.3) is 11.0 Å². The molecule has 180 valence electrons. The molecule has 1 saturated carbocycles. The number of rotatable bonds is 12. The Bertz CT molecular complexity index is 1140. The third kappa shape index (κ3) is 5.75. The van der Waals surface area contributed by atoms with Gasteiger partial charge in [0.15, 0.2) is 6.10 Å². The molecule has 0 amide bonds. The number of esters is 1. The van der Waals surface area contributed by atoms with Crippen molar-refractivity contribution in [3.05, 3.63) is 59.9 Å². The second-order valence-electron chi connectivity index (χ2n) is 8.22. The van der Waals surface area contributed by atoms with Gasteiger partial charge >= 0.3 is 5.97 Å². The zero-order valence-corrected chi connectivity index (χ0v) is 19.9. The monoisotopic (exact) mass is 465 g/mol. The van der Waals surface area contributed by atoms with E-state index in [9.17, 15) is 4.79 Å². The fraction of sp³-hybridized carbons (Fsp3) is 0.423. The number of oxime groups is 1. The van der Waals surface area contributed by atoms with Crippen molar-refractivity contribution in [3.63, 3.8) is 0 Å². The Balaban J connectivity index is 1.37. The first-order valence-corrected chi connectivity index (χ1v) is 11.6. The molecule has 2 aromatic heterocycles. The Kier molecular flexibility index (Phi) is 7.80. The number of fused-ring (bicyclic) bond motifs is 1. The zero-order chi connectivity index (χ0) is 23.9. The van der Waals surface area contributed by atoms with E-state index >= 15 is 0 Å². The van der Waals surface area contributed by atoms with Gasteiger partial charge < -0.3 is 23.6 Å². The van der Waals surface area contributed by atoms with Crippen molar-refractivity contribution >= 4 is 22.7 Å². The van der Waals surface area contributed by atoms with Gasteiger partial charge in [-0.05, 0) is 55.7 Å². The zero-order valence-electron chi connectivity index (χ0n) is 19.9. The van der Waals surface area contributed by atoms with E-state index in [1.54, 1.807) is 7.11 Å². The Labute approximate surface area is 199 Å². The second kappa shape index (κ2) is 11.2. The summed E-state index contributed by atoms with van der Waals surface area (Å²) in [6.07, 6.45) is 4.14. The highest BCUT2D eigenvalue weighted by atomic mass is 16.6. The average Bonchev–Trinajstić information content (AvgIpc) is 3.63. The van der Waals surface area contributed by atoms with Gasteiger partial charge in [0.1, 0.15) is 30.8 Å². The molecule has 1 atom stereocenters. The fourth-order valence-electron chi connectivity index (χ4n) is 3.91. The largest absolute Gasteiger partial charge is 0.492 e. The van der Waals surface area contributed by atoms with Crippen LogP contribution in [0.5, 0.6) is 5.75 Å². The van der Waals surface area contributed by atoms with Crippen LogP contribution in [-0.4, -0.2) is 54.8 Å². The van der Waals surface area contributed by atoms with Crippen LogP contribution in [0.3, 0.4) is 0 Å². The topological polar surface area (TPSA) is 84.2 Å². The first kappa shape index (κ1) is 23.8. The summed E-state index contributed by atoms with van der Waals surface area (Å²) in [6, 6.07) is 13.8. The molecular formula is C26H31N3O5. The standard InChI is InChI=1S/C26H31N3O5/c1-4-33-23(26(30)31-2)17-18-5-10-21(11-6-18)34-16-15-29-14-13-20-9-12-22(27-25(20)29)24(28-32-3)19-7-8-19/h5-6,9-14,19,23H,4,7-8,15-17H2,1-3H3/b28-24-. The van der Waals surface area contributed by atoms with E-state index < -0.39 is 6.10 Å². The van der Waals surface area contributed by atoms with Crippen molar-refractivity contribution in [2.24, 2.45) is 11.1 Å². The highest BCUT2D eigenvalue weighted by molar-refractivity contribution is 6.03. The Morgan fingerprint density at radius 3 is 2.62 bits per heavy atom. The van der Waals surface area contributed by atoms with Crippen LogP contribution in [0.1, 0.15) is 31.0 Å². The molecule has 0 spiro atoms. The third-order valence-electron chi connectivity index (χ3n) is 5.80. The van der Waals surface area contributed by atoms with Gasteiger partial charge in [-0.3, -0.25) is 0 Å². The minimum atomic E-state index is -0.601. The van der Waals surface area contributed by atoms with Crippen LogP contribution in [0.2, 0.25) is 0 Å². The predicted octanol–water partition coefficient (Wildman–Crippen LogP) is 4.00. The fourth-order valence-corrected chi connectivity index (χ4v) is 3.91.